The van der Waals surface area contributed by atoms with Crippen LogP contribution in [-0.2, 0) is 16.6 Å². The molecule has 1 aromatic heterocycles. The highest BCUT2D eigenvalue weighted by atomic mass is 32.2. The summed E-state index contributed by atoms with van der Waals surface area (Å²) >= 11 is 0. The van der Waals surface area contributed by atoms with Gasteiger partial charge in [0.25, 0.3) is 0 Å². The zero-order valence-electron chi connectivity index (χ0n) is 12.0. The van der Waals surface area contributed by atoms with Gasteiger partial charge in [-0.05, 0) is 43.2 Å². The standard InChI is InChI=1S/C14H23N3O2S/c1-10-5-6-12(8-11(10)2)17-20(18,19)14-4-3-7-16-13(14)9-15/h3-4,7,10-12,17H,5-6,8-9,15H2,1-2H3. The van der Waals surface area contributed by atoms with Crippen LogP contribution in [0.4, 0.5) is 0 Å². The molecule has 6 heteroatoms. The second kappa shape index (κ2) is 6.20. The highest BCUT2D eigenvalue weighted by Gasteiger charge is 2.29. The molecule has 0 saturated heterocycles. The maximum Gasteiger partial charge on any atom is 0.242 e. The molecular formula is C14H23N3O2S. The third-order valence-electron chi connectivity index (χ3n) is 4.25. The second-order valence-electron chi connectivity index (χ2n) is 5.74. The van der Waals surface area contributed by atoms with Crippen molar-refractivity contribution >= 4 is 10.0 Å². The molecular weight excluding hydrogens is 274 g/mol. The summed E-state index contributed by atoms with van der Waals surface area (Å²) in [5.74, 6) is 1.20. The third-order valence-corrected chi connectivity index (χ3v) is 5.85. The number of nitrogens with zero attached hydrogens (tertiary/aromatic N) is 1. The Balaban J connectivity index is 2.15. The SMILES string of the molecule is CC1CCC(NS(=O)(=O)c2cccnc2CN)CC1C. The summed E-state index contributed by atoms with van der Waals surface area (Å²) in [6.45, 7) is 4.53. The van der Waals surface area contributed by atoms with Crippen LogP contribution < -0.4 is 10.5 Å². The first-order valence-corrected chi connectivity index (χ1v) is 8.58. The van der Waals surface area contributed by atoms with Crippen molar-refractivity contribution in [3.05, 3.63) is 24.0 Å². The Morgan fingerprint density at radius 2 is 2.10 bits per heavy atom. The van der Waals surface area contributed by atoms with E-state index in [0.717, 1.165) is 19.3 Å². The first kappa shape index (κ1) is 15.4. The molecule has 1 aromatic rings. The van der Waals surface area contributed by atoms with Crippen molar-refractivity contribution in [2.75, 3.05) is 0 Å². The van der Waals surface area contributed by atoms with E-state index in [1.54, 1.807) is 18.3 Å². The highest BCUT2D eigenvalue weighted by Crippen LogP contribution is 2.30. The van der Waals surface area contributed by atoms with Crippen LogP contribution in [0.1, 0.15) is 38.8 Å². The molecule has 1 fully saturated rings. The number of nitrogens with one attached hydrogen (secondary N) is 1. The van der Waals surface area contributed by atoms with E-state index in [9.17, 15) is 8.42 Å². The largest absolute Gasteiger partial charge is 0.325 e. The third kappa shape index (κ3) is 3.37. The average Bonchev–Trinajstić information content (AvgIpc) is 2.42. The van der Waals surface area contributed by atoms with E-state index in [2.05, 4.69) is 23.6 Å². The minimum atomic E-state index is -3.54. The summed E-state index contributed by atoms with van der Waals surface area (Å²) in [6.07, 6.45) is 4.40. The number of rotatable bonds is 4. The van der Waals surface area contributed by atoms with Gasteiger partial charge in [-0.15, -0.1) is 0 Å². The molecule has 5 nitrogen and oxygen atoms in total. The lowest BCUT2D eigenvalue weighted by Crippen LogP contribution is -2.40. The summed E-state index contributed by atoms with van der Waals surface area (Å²) < 4.78 is 27.7. The van der Waals surface area contributed by atoms with Gasteiger partial charge in [0, 0.05) is 18.8 Å². The van der Waals surface area contributed by atoms with Gasteiger partial charge in [-0.25, -0.2) is 13.1 Å². The molecule has 20 heavy (non-hydrogen) atoms. The van der Waals surface area contributed by atoms with Crippen LogP contribution in [0, 0.1) is 11.8 Å². The van der Waals surface area contributed by atoms with Crippen molar-refractivity contribution in [2.45, 2.75) is 50.6 Å². The van der Waals surface area contributed by atoms with Crippen molar-refractivity contribution in [1.82, 2.24) is 9.71 Å². The van der Waals surface area contributed by atoms with Gasteiger partial charge in [0.2, 0.25) is 10.0 Å². The second-order valence-corrected chi connectivity index (χ2v) is 7.42. The van der Waals surface area contributed by atoms with E-state index in [1.807, 2.05) is 0 Å². The Hall–Kier alpha value is -0.980. The fourth-order valence-corrected chi connectivity index (χ4v) is 4.24. The molecule has 1 heterocycles. The van der Waals surface area contributed by atoms with E-state index in [4.69, 9.17) is 5.73 Å². The van der Waals surface area contributed by atoms with Crippen LogP contribution in [0.25, 0.3) is 0 Å². The van der Waals surface area contributed by atoms with E-state index in [-0.39, 0.29) is 17.5 Å². The van der Waals surface area contributed by atoms with Crippen LogP contribution in [0.2, 0.25) is 0 Å². The molecule has 1 aliphatic rings. The van der Waals surface area contributed by atoms with Crippen LogP contribution in [0.5, 0.6) is 0 Å². The minimum Gasteiger partial charge on any atom is -0.325 e. The van der Waals surface area contributed by atoms with E-state index < -0.39 is 10.0 Å². The van der Waals surface area contributed by atoms with E-state index >= 15 is 0 Å². The normalized spacial score (nSPS) is 27.4. The van der Waals surface area contributed by atoms with Gasteiger partial charge < -0.3 is 5.73 Å². The Morgan fingerprint density at radius 1 is 1.35 bits per heavy atom. The van der Waals surface area contributed by atoms with Gasteiger partial charge in [0.05, 0.1) is 5.69 Å². The molecule has 0 radical (unpaired) electrons. The monoisotopic (exact) mass is 297 g/mol. The number of pyridine rings is 1. The van der Waals surface area contributed by atoms with Crippen molar-refractivity contribution in [3.63, 3.8) is 0 Å². The number of hydrogen-bond acceptors (Lipinski definition) is 4. The summed E-state index contributed by atoms with van der Waals surface area (Å²) in [7, 11) is -3.54. The van der Waals surface area contributed by atoms with Gasteiger partial charge in [-0.2, -0.15) is 0 Å². The van der Waals surface area contributed by atoms with Crippen molar-refractivity contribution in [1.29, 1.82) is 0 Å². The zero-order chi connectivity index (χ0) is 14.8. The quantitative estimate of drug-likeness (QED) is 0.885. The van der Waals surface area contributed by atoms with Crippen molar-refractivity contribution < 1.29 is 8.42 Å². The Kier molecular flexibility index (Phi) is 4.78. The lowest BCUT2D eigenvalue weighted by Gasteiger charge is -2.32. The smallest absolute Gasteiger partial charge is 0.242 e. The molecule has 0 aliphatic heterocycles. The molecule has 112 valence electrons. The molecule has 2 rings (SSSR count). The van der Waals surface area contributed by atoms with Gasteiger partial charge in [0.1, 0.15) is 4.90 Å². The lowest BCUT2D eigenvalue weighted by atomic mass is 9.79. The van der Waals surface area contributed by atoms with Crippen LogP contribution in [0.3, 0.4) is 0 Å². The van der Waals surface area contributed by atoms with Crippen LogP contribution in [-0.4, -0.2) is 19.4 Å². The van der Waals surface area contributed by atoms with Crippen LogP contribution in [0.15, 0.2) is 23.2 Å². The number of nitrogens with two attached hydrogens (primary N) is 1. The maximum atomic E-state index is 12.5. The number of hydrogen-bond donors (Lipinski definition) is 2. The van der Waals surface area contributed by atoms with Gasteiger partial charge >= 0.3 is 0 Å². The first-order chi connectivity index (χ1) is 9.44. The topological polar surface area (TPSA) is 85.1 Å². The fourth-order valence-electron chi connectivity index (χ4n) is 2.76. The molecule has 3 N–H and O–H groups in total. The summed E-state index contributed by atoms with van der Waals surface area (Å²) in [6, 6.07) is 3.20. The van der Waals surface area contributed by atoms with Crippen molar-refractivity contribution in [3.8, 4) is 0 Å². The van der Waals surface area contributed by atoms with Crippen LogP contribution >= 0.6 is 0 Å². The predicted octanol–water partition coefficient (Wildman–Crippen LogP) is 1.64. The lowest BCUT2D eigenvalue weighted by molar-refractivity contribution is 0.242. The predicted molar refractivity (Wildman–Crippen MR) is 78.4 cm³/mol. The molecule has 0 aromatic carbocycles. The summed E-state index contributed by atoms with van der Waals surface area (Å²) in [5.41, 5.74) is 5.98. The Bertz CT molecular complexity index is 559. The maximum absolute atomic E-state index is 12.5. The Morgan fingerprint density at radius 3 is 2.75 bits per heavy atom. The first-order valence-electron chi connectivity index (χ1n) is 7.10. The highest BCUT2D eigenvalue weighted by molar-refractivity contribution is 7.89. The Labute approximate surface area is 121 Å². The molecule has 0 amide bonds. The number of aromatic nitrogens is 1. The van der Waals surface area contributed by atoms with Gasteiger partial charge in [-0.1, -0.05) is 13.8 Å². The molecule has 3 atom stereocenters. The molecule has 1 saturated carbocycles. The molecule has 3 unspecified atom stereocenters. The fraction of sp³-hybridized carbons (Fsp3) is 0.643. The van der Waals surface area contributed by atoms with E-state index in [1.165, 1.54) is 0 Å². The number of sulfonamides is 1. The molecule has 0 bridgehead atoms. The molecule has 0 spiro atoms. The molecule has 1 aliphatic carbocycles. The van der Waals surface area contributed by atoms with Gasteiger partial charge in [-0.3, -0.25) is 4.98 Å². The van der Waals surface area contributed by atoms with E-state index in [0.29, 0.717) is 17.5 Å². The van der Waals surface area contributed by atoms with Crippen molar-refractivity contribution in [2.24, 2.45) is 17.6 Å². The average molecular weight is 297 g/mol. The zero-order valence-corrected chi connectivity index (χ0v) is 12.9. The summed E-state index contributed by atoms with van der Waals surface area (Å²) in [5, 5.41) is 0. The van der Waals surface area contributed by atoms with Gasteiger partial charge in [0.15, 0.2) is 0 Å². The minimum absolute atomic E-state index is 0.0111. The summed E-state index contributed by atoms with van der Waals surface area (Å²) in [4.78, 5) is 4.24.